The van der Waals surface area contributed by atoms with Gasteiger partial charge in [0.2, 0.25) is 5.91 Å². The van der Waals surface area contributed by atoms with Crippen LogP contribution in [0.3, 0.4) is 0 Å². The number of carbonyl (C=O) groups is 2. The van der Waals surface area contributed by atoms with Gasteiger partial charge in [-0.15, -0.1) is 10.2 Å². The highest BCUT2D eigenvalue weighted by Crippen LogP contribution is 2.23. The van der Waals surface area contributed by atoms with Crippen LogP contribution in [0, 0.1) is 5.82 Å². The molecule has 0 saturated heterocycles. The molecule has 3 N–H and O–H groups in total. The highest BCUT2D eigenvalue weighted by molar-refractivity contribution is 5.94. The molecular formula is C23H25FN6O2. The molecule has 166 valence electrons. The molecule has 0 saturated carbocycles. The molecule has 9 heteroatoms. The number of nitrogens with one attached hydrogen (secondary N) is 3. The zero-order valence-corrected chi connectivity index (χ0v) is 17.6. The van der Waals surface area contributed by atoms with Gasteiger partial charge in [-0.05, 0) is 54.8 Å². The molecule has 0 atom stereocenters. The molecule has 3 aromatic rings. The molecular weight excluding hydrogens is 411 g/mol. The number of carbonyl (C=O) groups excluding carboxylic acids is 2. The fourth-order valence-corrected chi connectivity index (χ4v) is 3.61. The molecule has 1 aliphatic heterocycles. The summed E-state index contributed by atoms with van der Waals surface area (Å²) in [5.41, 5.74) is 2.33. The number of fused-ring (bicyclic) bond motifs is 1. The average molecular weight is 436 g/mol. The predicted molar refractivity (Wildman–Crippen MR) is 118 cm³/mol. The molecule has 2 heterocycles. The molecule has 0 spiro atoms. The molecule has 0 fully saturated rings. The van der Waals surface area contributed by atoms with Gasteiger partial charge in [0.1, 0.15) is 11.6 Å². The molecule has 0 aliphatic carbocycles. The number of nitrogens with zero attached hydrogens (tertiary/aromatic N) is 3. The number of urea groups is 1. The van der Waals surface area contributed by atoms with Gasteiger partial charge in [0.25, 0.3) is 0 Å². The third kappa shape index (κ3) is 5.48. The van der Waals surface area contributed by atoms with Crippen LogP contribution in [-0.2, 0) is 24.3 Å². The monoisotopic (exact) mass is 436 g/mol. The Morgan fingerprint density at radius 3 is 2.50 bits per heavy atom. The summed E-state index contributed by atoms with van der Waals surface area (Å²) in [5.74, 6) is 1.20. The van der Waals surface area contributed by atoms with Gasteiger partial charge in [-0.25, -0.2) is 9.18 Å². The van der Waals surface area contributed by atoms with Crippen LogP contribution < -0.4 is 16.0 Å². The van der Waals surface area contributed by atoms with E-state index in [1.165, 1.54) is 18.6 Å². The topological polar surface area (TPSA) is 101 Å². The van der Waals surface area contributed by atoms with Crippen molar-refractivity contribution in [3.63, 3.8) is 0 Å². The molecule has 0 unspecified atom stereocenters. The van der Waals surface area contributed by atoms with Gasteiger partial charge >= 0.3 is 6.03 Å². The van der Waals surface area contributed by atoms with Crippen molar-refractivity contribution >= 4 is 17.6 Å². The van der Waals surface area contributed by atoms with Crippen molar-refractivity contribution in [2.24, 2.45) is 0 Å². The number of halogens is 1. The first-order chi connectivity index (χ1) is 15.6. The van der Waals surface area contributed by atoms with Crippen molar-refractivity contribution in [2.45, 2.75) is 38.8 Å². The minimum absolute atomic E-state index is 0.172. The number of rotatable bonds is 6. The predicted octanol–water partition coefficient (Wildman–Crippen LogP) is 3.25. The average Bonchev–Trinajstić information content (AvgIpc) is 3.05. The number of amides is 3. The van der Waals surface area contributed by atoms with Crippen LogP contribution >= 0.6 is 0 Å². The van der Waals surface area contributed by atoms with Crippen LogP contribution in [-0.4, -0.2) is 33.2 Å². The Hall–Kier alpha value is -3.75. The summed E-state index contributed by atoms with van der Waals surface area (Å²) in [7, 11) is 0. The second-order valence-corrected chi connectivity index (χ2v) is 7.69. The number of hydrogen-bond acceptors (Lipinski definition) is 4. The van der Waals surface area contributed by atoms with Gasteiger partial charge in [0.05, 0.1) is 6.54 Å². The Balaban J connectivity index is 1.25. The summed E-state index contributed by atoms with van der Waals surface area (Å²) < 4.78 is 15.1. The third-order valence-corrected chi connectivity index (χ3v) is 5.31. The van der Waals surface area contributed by atoms with E-state index in [0.717, 1.165) is 48.6 Å². The van der Waals surface area contributed by atoms with Crippen molar-refractivity contribution < 1.29 is 14.0 Å². The van der Waals surface area contributed by atoms with Gasteiger partial charge in [0, 0.05) is 30.8 Å². The lowest BCUT2D eigenvalue weighted by molar-refractivity contribution is -0.115. The largest absolute Gasteiger partial charge is 0.334 e. The Bertz CT molecular complexity index is 1080. The normalized spacial score (nSPS) is 13.0. The van der Waals surface area contributed by atoms with E-state index in [1.807, 2.05) is 12.1 Å². The van der Waals surface area contributed by atoms with E-state index >= 15 is 0 Å². The Morgan fingerprint density at radius 2 is 1.72 bits per heavy atom. The van der Waals surface area contributed by atoms with Gasteiger partial charge in [-0.1, -0.05) is 18.6 Å². The van der Waals surface area contributed by atoms with E-state index < -0.39 is 6.03 Å². The zero-order valence-electron chi connectivity index (χ0n) is 17.6. The molecule has 4 rings (SSSR count). The summed E-state index contributed by atoms with van der Waals surface area (Å²) in [6.07, 6.45) is 4.41. The molecule has 32 heavy (non-hydrogen) atoms. The second kappa shape index (κ2) is 10.0. The zero-order chi connectivity index (χ0) is 22.3. The number of benzene rings is 2. The molecule has 1 aliphatic rings. The number of hydrogen-bond donors (Lipinski definition) is 3. The van der Waals surface area contributed by atoms with Crippen LogP contribution in [0.15, 0.2) is 48.5 Å². The molecule has 3 amide bonds. The smallest absolute Gasteiger partial charge is 0.315 e. The maximum atomic E-state index is 12.9. The number of aryl methyl sites for hydroxylation is 1. The first-order valence-electron chi connectivity index (χ1n) is 10.7. The van der Waals surface area contributed by atoms with Crippen LogP contribution in [0.2, 0.25) is 0 Å². The fraction of sp³-hybridized carbons (Fsp3) is 0.304. The fourth-order valence-electron chi connectivity index (χ4n) is 3.61. The summed E-state index contributed by atoms with van der Waals surface area (Å²) in [4.78, 5) is 24.0. The molecule has 0 radical (unpaired) electrons. The van der Waals surface area contributed by atoms with Crippen molar-refractivity contribution in [1.29, 1.82) is 0 Å². The van der Waals surface area contributed by atoms with Crippen molar-refractivity contribution in [2.75, 3.05) is 11.9 Å². The maximum absolute atomic E-state index is 12.9. The SMILES string of the molecule is O=C(CNC(=O)NCc1ccc(F)cc1)Nc1ccc(-c2nnc3n2CCCCC3)cc1. The standard InChI is InChI=1S/C23H25FN6O2/c24-18-9-5-16(6-10-18)14-25-23(32)26-15-21(31)27-19-11-7-17(8-12-19)22-29-28-20-4-2-1-3-13-30(20)22/h5-12H,1-4,13-15H2,(H,27,31)(H2,25,26,32). The quantitative estimate of drug-likeness (QED) is 0.552. The Morgan fingerprint density at radius 1 is 0.938 bits per heavy atom. The highest BCUT2D eigenvalue weighted by atomic mass is 19.1. The molecule has 1 aromatic heterocycles. The Kier molecular flexibility index (Phi) is 6.74. The van der Waals surface area contributed by atoms with Crippen LogP contribution in [0.5, 0.6) is 0 Å². The van der Waals surface area contributed by atoms with Crippen LogP contribution in [0.4, 0.5) is 14.9 Å². The van der Waals surface area contributed by atoms with E-state index in [0.29, 0.717) is 5.69 Å². The first kappa shape index (κ1) is 21.5. The van der Waals surface area contributed by atoms with Crippen LogP contribution in [0.1, 0.15) is 30.7 Å². The second-order valence-electron chi connectivity index (χ2n) is 7.69. The summed E-state index contributed by atoms with van der Waals surface area (Å²) in [6.45, 7) is 0.987. The first-order valence-corrected chi connectivity index (χ1v) is 10.7. The molecule has 0 bridgehead atoms. The van der Waals surface area contributed by atoms with Gasteiger partial charge in [-0.2, -0.15) is 0 Å². The minimum Gasteiger partial charge on any atom is -0.334 e. The number of anilines is 1. The van der Waals surface area contributed by atoms with Crippen molar-refractivity contribution in [3.05, 3.63) is 65.7 Å². The Labute approximate surface area is 185 Å². The van der Waals surface area contributed by atoms with Gasteiger partial charge in [-0.3, -0.25) is 4.79 Å². The summed E-state index contributed by atoms with van der Waals surface area (Å²) >= 11 is 0. The summed E-state index contributed by atoms with van der Waals surface area (Å²) in [6, 6.07) is 12.8. The summed E-state index contributed by atoms with van der Waals surface area (Å²) in [5, 5.41) is 16.5. The van der Waals surface area contributed by atoms with E-state index in [1.54, 1.807) is 24.3 Å². The molecule has 8 nitrogen and oxygen atoms in total. The van der Waals surface area contributed by atoms with Gasteiger partial charge < -0.3 is 20.5 Å². The van der Waals surface area contributed by atoms with Crippen LogP contribution in [0.25, 0.3) is 11.4 Å². The lowest BCUT2D eigenvalue weighted by Crippen LogP contribution is -2.39. The highest BCUT2D eigenvalue weighted by Gasteiger charge is 2.16. The minimum atomic E-state index is -0.479. The van der Waals surface area contributed by atoms with Crippen molar-refractivity contribution in [3.8, 4) is 11.4 Å². The van der Waals surface area contributed by atoms with E-state index in [9.17, 15) is 14.0 Å². The van der Waals surface area contributed by atoms with E-state index in [-0.39, 0.29) is 24.8 Å². The van der Waals surface area contributed by atoms with E-state index in [4.69, 9.17) is 0 Å². The number of aromatic nitrogens is 3. The third-order valence-electron chi connectivity index (χ3n) is 5.31. The maximum Gasteiger partial charge on any atom is 0.315 e. The lowest BCUT2D eigenvalue weighted by Gasteiger charge is -2.10. The molecule has 2 aromatic carbocycles. The lowest BCUT2D eigenvalue weighted by atomic mass is 10.2. The van der Waals surface area contributed by atoms with Crippen molar-refractivity contribution in [1.82, 2.24) is 25.4 Å². The van der Waals surface area contributed by atoms with E-state index in [2.05, 4.69) is 30.7 Å². The van der Waals surface area contributed by atoms with Gasteiger partial charge in [0.15, 0.2) is 5.82 Å².